The second-order valence-corrected chi connectivity index (χ2v) is 14.2. The van der Waals surface area contributed by atoms with Crippen molar-refractivity contribution in [2.24, 2.45) is 0 Å². The molecule has 0 saturated carbocycles. The van der Waals surface area contributed by atoms with E-state index in [-0.39, 0.29) is 23.8 Å². The summed E-state index contributed by atoms with van der Waals surface area (Å²) in [5.74, 6) is -0.314. The minimum atomic E-state index is -4.25. The van der Waals surface area contributed by atoms with Crippen LogP contribution < -0.4 is 14.4 Å². The number of nitrogens with one attached hydrogen (secondary N) is 1. The molecule has 1 atom stereocenters. The highest BCUT2D eigenvalue weighted by Gasteiger charge is 2.34. The fraction of sp³-hybridized carbons (Fsp3) is 0.297. The monoisotopic (exact) mass is 719 g/mol. The number of carbonyl (C=O) groups excluding carboxylic acids is 2. The molecule has 8 nitrogen and oxygen atoms in total. The van der Waals surface area contributed by atoms with E-state index in [1.807, 2.05) is 75.4 Å². The Kier molecular flexibility index (Phi) is 12.6. The van der Waals surface area contributed by atoms with Crippen molar-refractivity contribution in [2.45, 2.75) is 57.5 Å². The Morgan fingerprint density at radius 3 is 2.21 bits per heavy atom. The molecule has 248 valence electrons. The quantitative estimate of drug-likeness (QED) is 0.136. The number of unbranched alkanes of at least 4 members (excludes halogenated alkanes) is 1. The van der Waals surface area contributed by atoms with Gasteiger partial charge in [0.1, 0.15) is 18.3 Å². The number of benzene rings is 4. The molecule has 2 amide bonds. The molecule has 0 spiro atoms. The van der Waals surface area contributed by atoms with E-state index in [4.69, 9.17) is 4.74 Å². The molecule has 0 heterocycles. The van der Waals surface area contributed by atoms with Crippen molar-refractivity contribution in [1.29, 1.82) is 0 Å². The summed E-state index contributed by atoms with van der Waals surface area (Å²) in [5, 5.41) is 3.02. The highest BCUT2D eigenvalue weighted by Crippen LogP contribution is 2.31. The van der Waals surface area contributed by atoms with Crippen LogP contribution in [0.5, 0.6) is 5.75 Å². The number of aryl methyl sites for hydroxylation is 2. The van der Waals surface area contributed by atoms with Crippen LogP contribution in [0.4, 0.5) is 5.69 Å². The van der Waals surface area contributed by atoms with Gasteiger partial charge in [-0.25, -0.2) is 8.42 Å². The van der Waals surface area contributed by atoms with Gasteiger partial charge in [-0.2, -0.15) is 0 Å². The molecule has 0 aliphatic heterocycles. The van der Waals surface area contributed by atoms with Crippen molar-refractivity contribution in [3.63, 3.8) is 0 Å². The summed E-state index contributed by atoms with van der Waals surface area (Å²) >= 11 is 3.40. The zero-order valence-corrected chi connectivity index (χ0v) is 29.7. The van der Waals surface area contributed by atoms with Crippen LogP contribution in [0.1, 0.15) is 42.0 Å². The van der Waals surface area contributed by atoms with Crippen molar-refractivity contribution in [2.75, 3.05) is 24.5 Å². The normalized spacial score (nSPS) is 11.9. The molecule has 0 fully saturated rings. The lowest BCUT2D eigenvalue weighted by molar-refractivity contribution is -0.140. The number of ether oxygens (including phenoxy) is 1. The second-order valence-electron chi connectivity index (χ2n) is 11.5. The number of rotatable bonds is 15. The van der Waals surface area contributed by atoms with Crippen LogP contribution in [0, 0.1) is 13.8 Å². The van der Waals surface area contributed by atoms with E-state index in [2.05, 4.69) is 21.2 Å². The fourth-order valence-corrected chi connectivity index (χ4v) is 7.37. The minimum Gasteiger partial charge on any atom is -0.496 e. The Bertz CT molecular complexity index is 1760. The standard InChI is InChI=1S/C37H42BrN3O5S/c1-5-6-21-39-37(43)34(23-29-12-8-7-9-13-29)40(25-30-14-10-11-28(3)22-30)36(42)26-41(31-17-15-27(2)16-18-31)47(44,45)32-19-20-35(46-4)33(38)24-32/h7-20,22,24,34H,5-6,21,23,25-26H2,1-4H3,(H,39,43)/t34-/m1/s1. The molecule has 0 aliphatic rings. The second kappa shape index (κ2) is 16.6. The van der Waals surface area contributed by atoms with Crippen molar-refractivity contribution in [3.8, 4) is 5.75 Å². The first kappa shape index (κ1) is 35.7. The topological polar surface area (TPSA) is 96.0 Å². The largest absolute Gasteiger partial charge is 0.496 e. The maximum Gasteiger partial charge on any atom is 0.264 e. The van der Waals surface area contributed by atoms with E-state index < -0.39 is 28.5 Å². The first-order valence-corrected chi connectivity index (χ1v) is 17.9. The number of halogens is 1. The van der Waals surface area contributed by atoms with Gasteiger partial charge in [0.15, 0.2) is 0 Å². The van der Waals surface area contributed by atoms with E-state index in [9.17, 15) is 18.0 Å². The zero-order chi connectivity index (χ0) is 34.0. The predicted molar refractivity (Wildman–Crippen MR) is 190 cm³/mol. The maximum atomic E-state index is 14.6. The van der Waals surface area contributed by atoms with E-state index in [0.29, 0.717) is 22.5 Å². The lowest BCUT2D eigenvalue weighted by Gasteiger charge is -2.34. The number of nitrogens with zero attached hydrogens (tertiary/aromatic N) is 2. The van der Waals surface area contributed by atoms with Gasteiger partial charge in [-0.15, -0.1) is 0 Å². The number of hydrogen-bond donors (Lipinski definition) is 1. The van der Waals surface area contributed by atoms with E-state index in [1.54, 1.807) is 30.3 Å². The molecule has 10 heteroatoms. The fourth-order valence-electron chi connectivity index (χ4n) is 5.24. The van der Waals surface area contributed by atoms with Crippen LogP contribution in [0.25, 0.3) is 0 Å². The third-order valence-corrected chi connectivity index (χ3v) is 10.2. The molecular formula is C37H42BrN3O5S. The summed E-state index contributed by atoms with van der Waals surface area (Å²) in [6, 6.07) is 27.8. The highest BCUT2D eigenvalue weighted by molar-refractivity contribution is 9.10. The van der Waals surface area contributed by atoms with Crippen molar-refractivity contribution >= 4 is 43.5 Å². The number of hydrogen-bond acceptors (Lipinski definition) is 5. The average Bonchev–Trinajstić information content (AvgIpc) is 3.06. The van der Waals surface area contributed by atoms with Gasteiger partial charge in [-0.3, -0.25) is 13.9 Å². The number of sulfonamides is 1. The molecule has 0 radical (unpaired) electrons. The summed E-state index contributed by atoms with van der Waals surface area (Å²) in [4.78, 5) is 30.0. The molecule has 4 aromatic carbocycles. The van der Waals surface area contributed by atoms with Gasteiger partial charge in [-0.1, -0.05) is 91.2 Å². The lowest BCUT2D eigenvalue weighted by Crippen LogP contribution is -2.53. The van der Waals surface area contributed by atoms with E-state index in [1.165, 1.54) is 24.1 Å². The Balaban J connectivity index is 1.80. The zero-order valence-electron chi connectivity index (χ0n) is 27.3. The van der Waals surface area contributed by atoms with Gasteiger partial charge >= 0.3 is 0 Å². The molecule has 4 aromatic rings. The first-order valence-electron chi connectivity index (χ1n) is 15.6. The Morgan fingerprint density at radius 2 is 1.57 bits per heavy atom. The Morgan fingerprint density at radius 1 is 0.872 bits per heavy atom. The smallest absolute Gasteiger partial charge is 0.264 e. The van der Waals surface area contributed by atoms with Crippen LogP contribution in [0.2, 0.25) is 0 Å². The van der Waals surface area contributed by atoms with Gasteiger partial charge in [0, 0.05) is 19.5 Å². The van der Waals surface area contributed by atoms with Crippen molar-refractivity contribution in [1.82, 2.24) is 10.2 Å². The summed E-state index contributed by atoms with van der Waals surface area (Å²) in [7, 11) is -2.75. The SMILES string of the molecule is CCCCNC(=O)[C@@H](Cc1ccccc1)N(Cc1cccc(C)c1)C(=O)CN(c1ccc(C)cc1)S(=O)(=O)c1ccc(OC)c(Br)c1. The van der Waals surface area contributed by atoms with Crippen LogP contribution in [0.3, 0.4) is 0 Å². The number of amides is 2. The minimum absolute atomic E-state index is 0.0121. The summed E-state index contributed by atoms with van der Waals surface area (Å²) in [6.07, 6.45) is 1.96. The van der Waals surface area contributed by atoms with Gasteiger partial charge in [0.2, 0.25) is 11.8 Å². The highest BCUT2D eigenvalue weighted by atomic mass is 79.9. The molecule has 47 heavy (non-hydrogen) atoms. The number of methoxy groups -OCH3 is 1. The summed E-state index contributed by atoms with van der Waals surface area (Å²) in [5.41, 5.74) is 4.00. The molecule has 0 saturated heterocycles. The van der Waals surface area contributed by atoms with Crippen molar-refractivity contribution < 1.29 is 22.7 Å². The van der Waals surface area contributed by atoms with Crippen LogP contribution in [-0.2, 0) is 32.6 Å². The van der Waals surface area contributed by atoms with Crippen molar-refractivity contribution in [3.05, 3.63) is 124 Å². The molecule has 0 unspecified atom stereocenters. The molecule has 4 rings (SSSR count). The van der Waals surface area contributed by atoms with Gasteiger partial charge in [-0.05, 0) is 77.7 Å². The third-order valence-electron chi connectivity index (χ3n) is 7.85. The van der Waals surface area contributed by atoms with E-state index in [0.717, 1.165) is 39.4 Å². The Labute approximate surface area is 286 Å². The van der Waals surface area contributed by atoms with Crippen LogP contribution >= 0.6 is 15.9 Å². The van der Waals surface area contributed by atoms with E-state index >= 15 is 0 Å². The molecular weight excluding hydrogens is 678 g/mol. The molecule has 0 bridgehead atoms. The summed E-state index contributed by atoms with van der Waals surface area (Å²) < 4.78 is 35.5. The molecule has 0 aromatic heterocycles. The predicted octanol–water partition coefficient (Wildman–Crippen LogP) is 6.83. The average molecular weight is 721 g/mol. The number of anilines is 1. The van der Waals surface area contributed by atoms with Gasteiger partial charge in [0.25, 0.3) is 10.0 Å². The maximum absolute atomic E-state index is 14.6. The first-order chi connectivity index (χ1) is 22.5. The van der Waals surface area contributed by atoms with Crippen LogP contribution in [0.15, 0.2) is 106 Å². The van der Waals surface area contributed by atoms with Gasteiger partial charge < -0.3 is 15.0 Å². The summed E-state index contributed by atoms with van der Waals surface area (Å²) in [6.45, 7) is 5.99. The lowest BCUT2D eigenvalue weighted by atomic mass is 10.0. The third kappa shape index (κ3) is 9.45. The van der Waals surface area contributed by atoms with Crippen LogP contribution in [-0.4, -0.2) is 51.4 Å². The Hall–Kier alpha value is -4.15. The molecule has 1 N–H and O–H groups in total. The van der Waals surface area contributed by atoms with Gasteiger partial charge in [0.05, 0.1) is 22.2 Å². The molecule has 0 aliphatic carbocycles. The number of carbonyl (C=O) groups is 2.